The summed E-state index contributed by atoms with van der Waals surface area (Å²) in [7, 11) is 1.34. The highest BCUT2D eigenvalue weighted by Crippen LogP contribution is 2.27. The predicted octanol–water partition coefficient (Wildman–Crippen LogP) is 1.54. The minimum absolute atomic E-state index is 0.410. The number of amides is 1. The lowest BCUT2D eigenvalue weighted by Gasteiger charge is -2.23. The van der Waals surface area contributed by atoms with Crippen LogP contribution in [-0.2, 0) is 9.53 Å². The summed E-state index contributed by atoms with van der Waals surface area (Å²) in [5.41, 5.74) is 0.988. The third kappa shape index (κ3) is 4.33. The van der Waals surface area contributed by atoms with E-state index in [1.807, 2.05) is 0 Å². The zero-order chi connectivity index (χ0) is 12.0. The first-order chi connectivity index (χ1) is 7.61. The molecular formula is C11H17NO4. The molecule has 90 valence electrons. The maximum Gasteiger partial charge on any atom is 0.406 e. The number of rotatable bonds is 3. The van der Waals surface area contributed by atoms with Gasteiger partial charge in [0.2, 0.25) is 0 Å². The number of carboxylic acids is 1. The molecule has 0 bridgehead atoms. The first-order valence-corrected chi connectivity index (χ1v) is 5.36. The van der Waals surface area contributed by atoms with Crippen molar-refractivity contribution < 1.29 is 19.4 Å². The monoisotopic (exact) mass is 227 g/mol. The summed E-state index contributed by atoms with van der Waals surface area (Å²) in [6.45, 7) is 0.604. The fraction of sp³-hybridized carbons (Fsp3) is 0.636. The van der Waals surface area contributed by atoms with E-state index in [-0.39, 0.29) is 0 Å². The molecule has 0 saturated heterocycles. The van der Waals surface area contributed by atoms with E-state index < -0.39 is 12.1 Å². The van der Waals surface area contributed by atoms with Gasteiger partial charge in [0.05, 0.1) is 7.11 Å². The van der Waals surface area contributed by atoms with Gasteiger partial charge in [-0.2, -0.15) is 0 Å². The number of allylic oxidation sites excluding steroid dienone is 1. The number of hydrogen-bond acceptors (Lipinski definition) is 3. The largest absolute Gasteiger partial charge is 0.478 e. The van der Waals surface area contributed by atoms with Gasteiger partial charge in [-0.25, -0.2) is 9.59 Å². The molecule has 2 N–H and O–H groups in total. The van der Waals surface area contributed by atoms with E-state index in [2.05, 4.69) is 10.1 Å². The highest BCUT2D eigenvalue weighted by molar-refractivity contribution is 5.80. The smallest absolute Gasteiger partial charge is 0.406 e. The Morgan fingerprint density at radius 2 is 2.12 bits per heavy atom. The van der Waals surface area contributed by atoms with E-state index in [0.29, 0.717) is 12.5 Å². The molecule has 1 aliphatic carbocycles. The van der Waals surface area contributed by atoms with Crippen LogP contribution >= 0.6 is 0 Å². The number of hydrogen-bond donors (Lipinski definition) is 2. The molecule has 0 atom stereocenters. The van der Waals surface area contributed by atoms with Gasteiger partial charge < -0.3 is 15.2 Å². The van der Waals surface area contributed by atoms with Crippen LogP contribution in [0.5, 0.6) is 0 Å². The average Bonchev–Trinajstić information content (AvgIpc) is 2.27. The highest BCUT2D eigenvalue weighted by Gasteiger charge is 2.17. The molecule has 0 aliphatic heterocycles. The number of carboxylic acid groups (broad SMARTS) is 1. The summed E-state index contributed by atoms with van der Waals surface area (Å²) in [4.78, 5) is 21.3. The number of nitrogens with one attached hydrogen (secondary N) is 1. The molecule has 1 rings (SSSR count). The fourth-order valence-corrected chi connectivity index (χ4v) is 1.87. The van der Waals surface area contributed by atoms with Crippen molar-refractivity contribution in [1.29, 1.82) is 0 Å². The van der Waals surface area contributed by atoms with Crippen molar-refractivity contribution in [2.24, 2.45) is 5.92 Å². The van der Waals surface area contributed by atoms with Gasteiger partial charge in [-0.15, -0.1) is 0 Å². The van der Waals surface area contributed by atoms with E-state index in [0.717, 1.165) is 31.3 Å². The molecule has 1 fully saturated rings. The van der Waals surface area contributed by atoms with Gasteiger partial charge in [0.15, 0.2) is 0 Å². The summed E-state index contributed by atoms with van der Waals surface area (Å²) >= 11 is 0. The normalized spacial score (nSPS) is 20.1. The molecule has 1 amide bonds. The maximum atomic E-state index is 10.8. The summed E-state index contributed by atoms with van der Waals surface area (Å²) in [6, 6.07) is 0. The Bertz CT molecular complexity index is 288. The molecule has 0 aromatic rings. The second kappa shape index (κ2) is 6.15. The van der Waals surface area contributed by atoms with Gasteiger partial charge in [-0.3, -0.25) is 0 Å². The molecule has 5 heteroatoms. The number of carbonyl (C=O) groups is 2. The molecule has 0 unspecified atom stereocenters. The minimum atomic E-state index is -0.874. The van der Waals surface area contributed by atoms with Crippen LogP contribution in [0.15, 0.2) is 11.6 Å². The molecule has 1 saturated carbocycles. The van der Waals surface area contributed by atoms with Crippen LogP contribution in [0.1, 0.15) is 25.7 Å². The van der Waals surface area contributed by atoms with Crippen molar-refractivity contribution in [2.75, 3.05) is 13.7 Å². The van der Waals surface area contributed by atoms with Crippen molar-refractivity contribution in [3.63, 3.8) is 0 Å². The van der Waals surface area contributed by atoms with Gasteiger partial charge in [0.1, 0.15) is 0 Å². The topological polar surface area (TPSA) is 75.6 Å². The lowest BCUT2D eigenvalue weighted by molar-refractivity contribution is -0.131. The Hall–Kier alpha value is -1.52. The Morgan fingerprint density at radius 3 is 2.62 bits per heavy atom. The molecule has 1 aliphatic rings. The molecular weight excluding hydrogens is 210 g/mol. The first-order valence-electron chi connectivity index (χ1n) is 5.36. The third-order valence-electron chi connectivity index (χ3n) is 2.80. The van der Waals surface area contributed by atoms with Crippen molar-refractivity contribution in [3.05, 3.63) is 11.6 Å². The molecule has 0 aromatic heterocycles. The number of carbonyl (C=O) groups excluding carboxylic acids is 1. The summed E-state index contributed by atoms with van der Waals surface area (Å²) in [6.07, 6.45) is 4.34. The van der Waals surface area contributed by atoms with Crippen LogP contribution in [0, 0.1) is 5.92 Å². The molecule has 5 nitrogen and oxygen atoms in total. The molecule has 0 aromatic carbocycles. The lowest BCUT2D eigenvalue weighted by atomic mass is 9.85. The molecule has 0 heterocycles. The SMILES string of the molecule is COC(=O)NCC1CCC(=CC(=O)O)CC1. The number of methoxy groups -OCH3 is 1. The second-order valence-electron chi connectivity index (χ2n) is 3.96. The number of aliphatic carboxylic acids is 1. The van der Waals surface area contributed by atoms with Gasteiger partial charge in [-0.1, -0.05) is 5.57 Å². The Morgan fingerprint density at radius 1 is 1.50 bits per heavy atom. The zero-order valence-electron chi connectivity index (χ0n) is 9.36. The third-order valence-corrected chi connectivity index (χ3v) is 2.80. The van der Waals surface area contributed by atoms with Gasteiger partial charge in [0, 0.05) is 12.6 Å². The second-order valence-corrected chi connectivity index (χ2v) is 3.96. The lowest BCUT2D eigenvalue weighted by Crippen LogP contribution is -2.30. The number of ether oxygens (including phenoxy) is 1. The van der Waals surface area contributed by atoms with Crippen molar-refractivity contribution in [2.45, 2.75) is 25.7 Å². The first kappa shape index (κ1) is 12.5. The summed E-state index contributed by atoms with van der Waals surface area (Å²) < 4.78 is 4.48. The van der Waals surface area contributed by atoms with Gasteiger partial charge in [-0.05, 0) is 31.6 Å². The van der Waals surface area contributed by atoms with Crippen molar-refractivity contribution in [1.82, 2.24) is 5.32 Å². The van der Waals surface area contributed by atoms with Crippen molar-refractivity contribution >= 4 is 12.1 Å². The molecule has 16 heavy (non-hydrogen) atoms. The van der Waals surface area contributed by atoms with E-state index >= 15 is 0 Å². The Kier molecular flexibility index (Phi) is 4.82. The van der Waals surface area contributed by atoms with Crippen LogP contribution in [-0.4, -0.2) is 30.8 Å². The van der Waals surface area contributed by atoms with E-state index in [4.69, 9.17) is 5.11 Å². The predicted molar refractivity (Wildman–Crippen MR) is 58.1 cm³/mol. The van der Waals surface area contributed by atoms with E-state index in [1.54, 1.807) is 0 Å². The Balaban J connectivity index is 2.27. The standard InChI is InChI=1S/C11H17NO4/c1-16-11(15)12-7-9-4-2-8(3-5-9)6-10(13)14/h6,9H,2-5,7H2,1H3,(H,12,15)(H,13,14). The maximum absolute atomic E-state index is 10.8. The zero-order valence-corrected chi connectivity index (χ0v) is 9.36. The highest BCUT2D eigenvalue weighted by atomic mass is 16.5. The fourth-order valence-electron chi connectivity index (χ4n) is 1.87. The van der Waals surface area contributed by atoms with Crippen LogP contribution in [0.25, 0.3) is 0 Å². The summed E-state index contributed by atoms with van der Waals surface area (Å²) in [5.74, 6) is -0.453. The van der Waals surface area contributed by atoms with Gasteiger partial charge >= 0.3 is 12.1 Å². The van der Waals surface area contributed by atoms with Crippen LogP contribution in [0.2, 0.25) is 0 Å². The quantitative estimate of drug-likeness (QED) is 0.717. The summed E-state index contributed by atoms with van der Waals surface area (Å²) in [5, 5.41) is 11.3. The van der Waals surface area contributed by atoms with Crippen LogP contribution < -0.4 is 5.32 Å². The van der Waals surface area contributed by atoms with Crippen LogP contribution in [0.3, 0.4) is 0 Å². The molecule has 0 spiro atoms. The Labute approximate surface area is 94.5 Å². The number of alkyl carbamates (subject to hydrolysis) is 1. The minimum Gasteiger partial charge on any atom is -0.478 e. The van der Waals surface area contributed by atoms with E-state index in [9.17, 15) is 9.59 Å². The average molecular weight is 227 g/mol. The van der Waals surface area contributed by atoms with Crippen LogP contribution in [0.4, 0.5) is 4.79 Å². The van der Waals surface area contributed by atoms with E-state index in [1.165, 1.54) is 13.2 Å². The van der Waals surface area contributed by atoms with Crippen molar-refractivity contribution in [3.8, 4) is 0 Å². The molecule has 0 radical (unpaired) electrons. The van der Waals surface area contributed by atoms with Gasteiger partial charge in [0.25, 0.3) is 0 Å².